The Hall–Kier alpha value is -0.0900. The van der Waals surface area contributed by atoms with Crippen LogP contribution in [-0.2, 0) is 4.79 Å². The van der Waals surface area contributed by atoms with Gasteiger partial charge in [-0.2, -0.15) is 0 Å². The van der Waals surface area contributed by atoms with Crippen molar-refractivity contribution >= 4 is 21.8 Å². The second kappa shape index (κ2) is 2.20. The van der Waals surface area contributed by atoms with Crippen LogP contribution in [0.15, 0.2) is 0 Å². The largest absolute Gasteiger partial charge is 0.326 e. The van der Waals surface area contributed by atoms with Crippen LogP contribution in [0.5, 0.6) is 0 Å². The van der Waals surface area contributed by atoms with Gasteiger partial charge in [-0.1, -0.05) is 15.9 Å². The number of amides is 1. The van der Waals surface area contributed by atoms with Crippen molar-refractivity contribution in [2.45, 2.75) is 24.5 Å². The molecule has 4 heteroatoms. The average Bonchev–Trinajstić information content (AvgIpc) is 1.95. The number of likely N-dealkylation sites (N-methyl/N-ethyl adjacent to an activating group) is 1. The lowest BCUT2D eigenvalue weighted by atomic mass is 10.2. The Morgan fingerprint density at radius 3 is 2.30 bits per heavy atom. The molecule has 0 saturated carbocycles. The van der Waals surface area contributed by atoms with E-state index in [1.165, 1.54) is 0 Å². The summed E-state index contributed by atoms with van der Waals surface area (Å²) in [4.78, 5) is 12.6. The fourth-order valence-electron chi connectivity index (χ4n) is 0.914. The molecule has 0 bridgehead atoms. The van der Waals surface area contributed by atoms with Gasteiger partial charge < -0.3 is 4.90 Å². The Kier molecular flexibility index (Phi) is 1.76. The summed E-state index contributed by atoms with van der Waals surface area (Å²) in [5.41, 5.74) is -0.217. The Balaban J connectivity index is 2.81. The molecule has 1 amide bonds. The highest BCUT2D eigenvalue weighted by Crippen LogP contribution is 2.21. The average molecular weight is 207 g/mol. The van der Waals surface area contributed by atoms with E-state index < -0.39 is 0 Å². The van der Waals surface area contributed by atoms with E-state index in [4.69, 9.17) is 0 Å². The lowest BCUT2D eigenvalue weighted by molar-refractivity contribution is -0.128. The summed E-state index contributed by atoms with van der Waals surface area (Å²) in [5, 5.41) is 3.09. The van der Waals surface area contributed by atoms with Gasteiger partial charge in [0, 0.05) is 7.05 Å². The van der Waals surface area contributed by atoms with Gasteiger partial charge in [-0.15, -0.1) is 0 Å². The Bertz CT molecular complexity index is 169. The van der Waals surface area contributed by atoms with Crippen LogP contribution < -0.4 is 5.32 Å². The molecule has 1 saturated heterocycles. The van der Waals surface area contributed by atoms with Gasteiger partial charge in [0.15, 0.2) is 0 Å². The molecule has 0 radical (unpaired) electrons. The fourth-order valence-corrected chi connectivity index (χ4v) is 1.78. The molecule has 1 heterocycles. The van der Waals surface area contributed by atoms with Gasteiger partial charge in [0.1, 0.15) is 4.95 Å². The maximum absolute atomic E-state index is 11.1. The zero-order valence-corrected chi connectivity index (χ0v) is 7.90. The van der Waals surface area contributed by atoms with E-state index in [1.54, 1.807) is 11.9 Å². The van der Waals surface area contributed by atoms with E-state index in [0.29, 0.717) is 0 Å². The molecule has 0 aromatic heterocycles. The molecule has 1 aliphatic rings. The molecular formula is C6H11BrN2O. The number of carbonyl (C=O) groups excluding carboxylic acids is 1. The molecule has 1 fully saturated rings. The second-order valence-electron chi connectivity index (χ2n) is 2.96. The summed E-state index contributed by atoms with van der Waals surface area (Å²) in [6.07, 6.45) is 0. The molecule has 0 aromatic rings. The van der Waals surface area contributed by atoms with Crippen molar-refractivity contribution in [1.82, 2.24) is 10.2 Å². The van der Waals surface area contributed by atoms with Gasteiger partial charge in [-0.3, -0.25) is 10.1 Å². The first-order valence-corrected chi connectivity index (χ1v) is 4.06. The van der Waals surface area contributed by atoms with Gasteiger partial charge in [0.25, 0.3) is 5.91 Å². The molecule has 1 atom stereocenters. The van der Waals surface area contributed by atoms with Crippen LogP contribution in [0, 0.1) is 0 Å². The standard InChI is InChI=1S/C6H11BrN2O/c1-6(2)8-4(7)5(10)9(6)3/h4,8H,1-3H3/t4-/m1/s1. The zero-order chi connectivity index (χ0) is 7.94. The van der Waals surface area contributed by atoms with Crippen LogP contribution in [0.25, 0.3) is 0 Å². The SMILES string of the molecule is CN1C(=O)[C@H](Br)NC1(C)C. The molecule has 10 heavy (non-hydrogen) atoms. The fraction of sp³-hybridized carbons (Fsp3) is 0.833. The number of alkyl halides is 1. The van der Waals surface area contributed by atoms with Gasteiger partial charge in [-0.05, 0) is 13.8 Å². The van der Waals surface area contributed by atoms with Crippen LogP contribution in [0.3, 0.4) is 0 Å². The Labute approximate surface area is 68.9 Å². The predicted octanol–water partition coefficient (Wildman–Crippen LogP) is 0.505. The minimum Gasteiger partial charge on any atom is -0.326 e. The normalized spacial score (nSPS) is 31.4. The first-order valence-electron chi connectivity index (χ1n) is 3.14. The highest BCUT2D eigenvalue weighted by atomic mass is 79.9. The number of hydrogen-bond donors (Lipinski definition) is 1. The zero-order valence-electron chi connectivity index (χ0n) is 6.31. The van der Waals surface area contributed by atoms with E-state index in [9.17, 15) is 4.79 Å². The van der Waals surface area contributed by atoms with Gasteiger partial charge in [-0.25, -0.2) is 0 Å². The summed E-state index contributed by atoms with van der Waals surface area (Å²) < 4.78 is 0. The first-order chi connectivity index (χ1) is 4.45. The molecule has 0 aromatic carbocycles. The van der Waals surface area contributed by atoms with Crippen molar-refractivity contribution in [3.05, 3.63) is 0 Å². The summed E-state index contributed by atoms with van der Waals surface area (Å²) in [6, 6.07) is 0. The summed E-state index contributed by atoms with van der Waals surface area (Å²) in [7, 11) is 1.79. The second-order valence-corrected chi connectivity index (χ2v) is 3.88. The highest BCUT2D eigenvalue weighted by Gasteiger charge is 2.40. The van der Waals surface area contributed by atoms with Crippen LogP contribution in [0.4, 0.5) is 0 Å². The molecule has 1 rings (SSSR count). The van der Waals surface area contributed by atoms with Gasteiger partial charge in [0.05, 0.1) is 5.66 Å². The quantitative estimate of drug-likeness (QED) is 0.463. The van der Waals surface area contributed by atoms with E-state index in [0.717, 1.165) is 0 Å². The number of carbonyl (C=O) groups is 1. The van der Waals surface area contributed by atoms with Crippen molar-refractivity contribution in [3.63, 3.8) is 0 Å². The number of rotatable bonds is 0. The minimum absolute atomic E-state index is 0.0880. The molecular weight excluding hydrogens is 196 g/mol. The summed E-state index contributed by atoms with van der Waals surface area (Å²) in [5.74, 6) is 0.0880. The maximum Gasteiger partial charge on any atom is 0.251 e. The number of nitrogens with one attached hydrogen (secondary N) is 1. The Morgan fingerprint density at radius 2 is 2.20 bits per heavy atom. The molecule has 0 spiro atoms. The molecule has 58 valence electrons. The number of halogens is 1. The summed E-state index contributed by atoms with van der Waals surface area (Å²) >= 11 is 3.22. The minimum atomic E-state index is -0.217. The van der Waals surface area contributed by atoms with Crippen molar-refractivity contribution in [2.24, 2.45) is 0 Å². The third-order valence-electron chi connectivity index (χ3n) is 1.87. The third-order valence-corrected chi connectivity index (χ3v) is 2.49. The molecule has 3 nitrogen and oxygen atoms in total. The number of hydrogen-bond acceptors (Lipinski definition) is 2. The van der Waals surface area contributed by atoms with E-state index >= 15 is 0 Å². The first kappa shape index (κ1) is 8.01. The third kappa shape index (κ3) is 1.06. The monoisotopic (exact) mass is 206 g/mol. The van der Waals surface area contributed by atoms with Gasteiger partial charge >= 0.3 is 0 Å². The molecule has 1 aliphatic heterocycles. The lowest BCUT2D eigenvalue weighted by Crippen LogP contribution is -2.44. The molecule has 0 unspecified atom stereocenters. The highest BCUT2D eigenvalue weighted by molar-refractivity contribution is 9.10. The number of nitrogens with zero attached hydrogens (tertiary/aromatic N) is 1. The van der Waals surface area contributed by atoms with Crippen molar-refractivity contribution < 1.29 is 4.79 Å². The van der Waals surface area contributed by atoms with Crippen LogP contribution in [0.1, 0.15) is 13.8 Å². The molecule has 1 N–H and O–H groups in total. The van der Waals surface area contributed by atoms with Gasteiger partial charge in [0.2, 0.25) is 0 Å². The topological polar surface area (TPSA) is 32.3 Å². The van der Waals surface area contributed by atoms with Crippen LogP contribution in [0.2, 0.25) is 0 Å². The van der Waals surface area contributed by atoms with E-state index in [-0.39, 0.29) is 16.5 Å². The van der Waals surface area contributed by atoms with E-state index in [2.05, 4.69) is 21.2 Å². The van der Waals surface area contributed by atoms with Crippen LogP contribution >= 0.6 is 15.9 Å². The van der Waals surface area contributed by atoms with Crippen molar-refractivity contribution in [2.75, 3.05) is 7.05 Å². The van der Waals surface area contributed by atoms with Crippen LogP contribution in [-0.4, -0.2) is 28.5 Å². The summed E-state index contributed by atoms with van der Waals surface area (Å²) in [6.45, 7) is 3.93. The lowest BCUT2D eigenvalue weighted by Gasteiger charge is -2.26. The smallest absolute Gasteiger partial charge is 0.251 e. The van der Waals surface area contributed by atoms with Crippen molar-refractivity contribution in [3.8, 4) is 0 Å². The predicted molar refractivity (Wildman–Crippen MR) is 42.7 cm³/mol. The van der Waals surface area contributed by atoms with E-state index in [1.807, 2.05) is 13.8 Å². The Morgan fingerprint density at radius 1 is 1.70 bits per heavy atom. The maximum atomic E-state index is 11.1. The van der Waals surface area contributed by atoms with Crippen molar-refractivity contribution in [1.29, 1.82) is 0 Å². The molecule has 0 aliphatic carbocycles.